The van der Waals surface area contributed by atoms with Crippen molar-refractivity contribution in [3.8, 4) is 28.3 Å². The fraction of sp³-hybridized carbons (Fsp3) is 0.250. The summed E-state index contributed by atoms with van der Waals surface area (Å²) >= 11 is 0. The maximum Gasteiger partial charge on any atom is 0.119 e. The highest BCUT2D eigenvalue weighted by atomic mass is 16.5. The van der Waals surface area contributed by atoms with Crippen LogP contribution in [0.4, 0.5) is 5.69 Å². The van der Waals surface area contributed by atoms with Gasteiger partial charge in [-0.1, -0.05) is 17.3 Å². The first-order valence-corrected chi connectivity index (χ1v) is 10.1. The lowest BCUT2D eigenvalue weighted by atomic mass is 10.0. The van der Waals surface area contributed by atoms with Gasteiger partial charge in [-0.2, -0.15) is 0 Å². The average molecular weight is 402 g/mol. The predicted octanol–water partition coefficient (Wildman–Crippen LogP) is 5.24. The van der Waals surface area contributed by atoms with Crippen LogP contribution in [0.1, 0.15) is 27.7 Å². The molecule has 0 fully saturated rings. The number of nitrogens with zero attached hydrogens (tertiary/aromatic N) is 3. The number of ether oxygens (including phenoxy) is 2. The van der Waals surface area contributed by atoms with Crippen LogP contribution in [0, 0.1) is 0 Å². The molecular formula is C24H26N4O2. The number of nitrogen functional groups attached to an aromatic ring is 1. The van der Waals surface area contributed by atoms with Crippen molar-refractivity contribution >= 4 is 16.7 Å². The zero-order chi connectivity index (χ0) is 21.3. The smallest absolute Gasteiger partial charge is 0.119 e. The van der Waals surface area contributed by atoms with Crippen LogP contribution in [0.25, 0.3) is 27.8 Å². The van der Waals surface area contributed by atoms with Crippen molar-refractivity contribution in [3.05, 3.63) is 60.7 Å². The molecule has 0 saturated heterocycles. The SMILES string of the molecule is CC(C)Oc1ccc(-c2cc3c(cc2N)nnn3-c2ccc(OC(C)C)cc2)cc1. The molecule has 1 aromatic heterocycles. The van der Waals surface area contributed by atoms with Gasteiger partial charge in [0.25, 0.3) is 0 Å². The molecule has 0 radical (unpaired) electrons. The molecule has 1 heterocycles. The summed E-state index contributed by atoms with van der Waals surface area (Å²) in [5.74, 6) is 1.66. The fourth-order valence-corrected chi connectivity index (χ4v) is 3.35. The van der Waals surface area contributed by atoms with E-state index in [9.17, 15) is 0 Å². The van der Waals surface area contributed by atoms with Gasteiger partial charge in [0.05, 0.1) is 23.4 Å². The Morgan fingerprint density at radius 1 is 0.800 bits per heavy atom. The zero-order valence-corrected chi connectivity index (χ0v) is 17.7. The Hall–Kier alpha value is -3.54. The maximum atomic E-state index is 6.33. The second-order valence-corrected chi connectivity index (χ2v) is 7.78. The van der Waals surface area contributed by atoms with Crippen LogP contribution in [0.3, 0.4) is 0 Å². The molecule has 6 heteroatoms. The lowest BCUT2D eigenvalue weighted by Crippen LogP contribution is -2.05. The third-order valence-electron chi connectivity index (χ3n) is 4.61. The molecule has 0 aliphatic carbocycles. The van der Waals surface area contributed by atoms with Crippen LogP contribution in [0.2, 0.25) is 0 Å². The summed E-state index contributed by atoms with van der Waals surface area (Å²) in [4.78, 5) is 0. The summed E-state index contributed by atoms with van der Waals surface area (Å²) < 4.78 is 13.3. The van der Waals surface area contributed by atoms with Crippen molar-refractivity contribution in [3.63, 3.8) is 0 Å². The quantitative estimate of drug-likeness (QED) is 0.446. The summed E-state index contributed by atoms with van der Waals surface area (Å²) in [5, 5.41) is 8.62. The second kappa shape index (κ2) is 8.06. The molecule has 30 heavy (non-hydrogen) atoms. The van der Waals surface area contributed by atoms with Crippen molar-refractivity contribution in [1.82, 2.24) is 15.0 Å². The Morgan fingerprint density at radius 2 is 1.37 bits per heavy atom. The third kappa shape index (κ3) is 4.08. The van der Waals surface area contributed by atoms with Gasteiger partial charge in [0.15, 0.2) is 0 Å². The normalized spacial score (nSPS) is 11.4. The summed E-state index contributed by atoms with van der Waals surface area (Å²) in [5.41, 5.74) is 11.5. The highest BCUT2D eigenvalue weighted by molar-refractivity contribution is 5.90. The summed E-state index contributed by atoms with van der Waals surface area (Å²) in [6, 6.07) is 19.7. The predicted molar refractivity (Wildman–Crippen MR) is 120 cm³/mol. The molecule has 0 aliphatic rings. The van der Waals surface area contributed by atoms with Gasteiger partial charge in [0.1, 0.15) is 17.0 Å². The molecule has 4 rings (SSSR count). The molecule has 0 saturated carbocycles. The van der Waals surface area contributed by atoms with Crippen LogP contribution < -0.4 is 15.2 Å². The first-order chi connectivity index (χ1) is 14.4. The lowest BCUT2D eigenvalue weighted by molar-refractivity contribution is 0.242. The average Bonchev–Trinajstić information content (AvgIpc) is 3.10. The number of rotatable bonds is 6. The van der Waals surface area contributed by atoms with Gasteiger partial charge in [0, 0.05) is 11.3 Å². The largest absolute Gasteiger partial charge is 0.491 e. The van der Waals surface area contributed by atoms with Gasteiger partial charge in [-0.25, -0.2) is 4.68 Å². The highest BCUT2D eigenvalue weighted by Gasteiger charge is 2.12. The Bertz CT molecular complexity index is 1150. The first kappa shape index (κ1) is 19.8. The molecule has 0 amide bonds. The van der Waals surface area contributed by atoms with Gasteiger partial charge in [-0.05, 0) is 81.8 Å². The lowest BCUT2D eigenvalue weighted by Gasteiger charge is -2.12. The third-order valence-corrected chi connectivity index (χ3v) is 4.61. The van der Waals surface area contributed by atoms with Crippen molar-refractivity contribution in [2.45, 2.75) is 39.9 Å². The molecule has 2 N–H and O–H groups in total. The van der Waals surface area contributed by atoms with Gasteiger partial charge in [-0.3, -0.25) is 0 Å². The molecule has 6 nitrogen and oxygen atoms in total. The Labute approximate surface area is 176 Å². The van der Waals surface area contributed by atoms with E-state index >= 15 is 0 Å². The standard InChI is InChI=1S/C24H26N4O2/c1-15(2)29-19-9-5-17(6-10-19)21-13-24-23(14-22(21)25)26-27-28(24)18-7-11-20(12-8-18)30-16(3)4/h5-16H,25H2,1-4H3. The number of hydrogen-bond donors (Lipinski definition) is 1. The van der Waals surface area contributed by atoms with E-state index in [1.54, 1.807) is 0 Å². The maximum absolute atomic E-state index is 6.33. The van der Waals surface area contributed by atoms with E-state index in [1.807, 2.05) is 93.0 Å². The minimum Gasteiger partial charge on any atom is -0.491 e. The number of nitrogens with two attached hydrogens (primary N) is 1. The summed E-state index contributed by atoms with van der Waals surface area (Å²) in [6.45, 7) is 8.03. The molecule has 0 unspecified atom stereocenters. The minimum atomic E-state index is 0.130. The number of benzene rings is 3. The molecule has 0 bridgehead atoms. The topological polar surface area (TPSA) is 75.2 Å². The van der Waals surface area contributed by atoms with Crippen molar-refractivity contribution in [1.29, 1.82) is 0 Å². The van der Waals surface area contributed by atoms with Crippen molar-refractivity contribution in [2.24, 2.45) is 0 Å². The van der Waals surface area contributed by atoms with E-state index in [-0.39, 0.29) is 12.2 Å². The zero-order valence-electron chi connectivity index (χ0n) is 17.7. The molecule has 3 aromatic carbocycles. The Balaban J connectivity index is 1.71. The summed E-state index contributed by atoms with van der Waals surface area (Å²) in [7, 11) is 0. The summed E-state index contributed by atoms with van der Waals surface area (Å²) in [6.07, 6.45) is 0.265. The van der Waals surface area contributed by atoms with Crippen LogP contribution in [0.5, 0.6) is 11.5 Å². The minimum absolute atomic E-state index is 0.130. The molecular weight excluding hydrogens is 376 g/mol. The first-order valence-electron chi connectivity index (χ1n) is 10.1. The number of hydrogen-bond acceptors (Lipinski definition) is 5. The molecule has 154 valence electrons. The van der Waals surface area contributed by atoms with Crippen LogP contribution in [-0.4, -0.2) is 27.2 Å². The van der Waals surface area contributed by atoms with Gasteiger partial charge >= 0.3 is 0 Å². The number of aromatic nitrogens is 3. The van der Waals surface area contributed by atoms with E-state index in [0.29, 0.717) is 5.69 Å². The van der Waals surface area contributed by atoms with Crippen LogP contribution in [-0.2, 0) is 0 Å². The van der Waals surface area contributed by atoms with E-state index in [4.69, 9.17) is 15.2 Å². The molecule has 4 aromatic rings. The number of anilines is 1. The van der Waals surface area contributed by atoms with Gasteiger partial charge < -0.3 is 15.2 Å². The van der Waals surface area contributed by atoms with Crippen molar-refractivity contribution in [2.75, 3.05) is 5.73 Å². The van der Waals surface area contributed by atoms with Gasteiger partial charge in [-0.15, -0.1) is 5.10 Å². The fourth-order valence-electron chi connectivity index (χ4n) is 3.35. The van der Waals surface area contributed by atoms with E-state index in [0.717, 1.165) is 39.3 Å². The molecule has 0 atom stereocenters. The second-order valence-electron chi connectivity index (χ2n) is 7.78. The molecule has 0 spiro atoms. The monoisotopic (exact) mass is 402 g/mol. The van der Waals surface area contributed by atoms with E-state index in [2.05, 4.69) is 10.3 Å². The van der Waals surface area contributed by atoms with Crippen LogP contribution in [0.15, 0.2) is 60.7 Å². The van der Waals surface area contributed by atoms with E-state index in [1.165, 1.54) is 0 Å². The Morgan fingerprint density at radius 3 is 1.93 bits per heavy atom. The van der Waals surface area contributed by atoms with Crippen molar-refractivity contribution < 1.29 is 9.47 Å². The van der Waals surface area contributed by atoms with Gasteiger partial charge in [0.2, 0.25) is 0 Å². The Kier molecular flexibility index (Phi) is 5.31. The molecule has 0 aliphatic heterocycles. The van der Waals surface area contributed by atoms with E-state index < -0.39 is 0 Å². The van der Waals surface area contributed by atoms with Crippen LogP contribution >= 0.6 is 0 Å². The highest BCUT2D eigenvalue weighted by Crippen LogP contribution is 2.32. The number of fused-ring (bicyclic) bond motifs is 1.